The first kappa shape index (κ1) is 13.4. The standard InChI is InChI=1S/C16H26N2/c1-12-6-4-5-7-16(12)18(3)15-10-8-14(9-11-15)13(2)17/h8-13,16H,4-7,17H2,1-3H3/t12?,13-,16?/m0/s1. The molecule has 3 atom stereocenters. The van der Waals surface area contributed by atoms with Gasteiger partial charge in [0.15, 0.2) is 0 Å². The van der Waals surface area contributed by atoms with E-state index in [-0.39, 0.29) is 6.04 Å². The first-order chi connectivity index (χ1) is 8.59. The zero-order chi connectivity index (χ0) is 13.1. The fourth-order valence-corrected chi connectivity index (χ4v) is 3.08. The van der Waals surface area contributed by atoms with Gasteiger partial charge in [0.1, 0.15) is 0 Å². The summed E-state index contributed by atoms with van der Waals surface area (Å²) in [7, 11) is 2.23. The van der Waals surface area contributed by atoms with Crippen LogP contribution in [0.25, 0.3) is 0 Å². The largest absolute Gasteiger partial charge is 0.371 e. The minimum Gasteiger partial charge on any atom is -0.371 e. The molecule has 1 aliphatic rings. The Morgan fingerprint density at radius 3 is 2.33 bits per heavy atom. The van der Waals surface area contributed by atoms with Gasteiger partial charge < -0.3 is 10.6 Å². The van der Waals surface area contributed by atoms with E-state index in [0.29, 0.717) is 6.04 Å². The van der Waals surface area contributed by atoms with E-state index in [4.69, 9.17) is 5.73 Å². The van der Waals surface area contributed by atoms with Crippen LogP contribution >= 0.6 is 0 Å². The number of nitrogens with two attached hydrogens (primary N) is 1. The van der Waals surface area contributed by atoms with Crippen LogP contribution in [0.4, 0.5) is 5.69 Å². The van der Waals surface area contributed by atoms with Gasteiger partial charge in [-0.3, -0.25) is 0 Å². The van der Waals surface area contributed by atoms with Crippen molar-refractivity contribution in [3.05, 3.63) is 29.8 Å². The van der Waals surface area contributed by atoms with Crippen molar-refractivity contribution < 1.29 is 0 Å². The smallest absolute Gasteiger partial charge is 0.0366 e. The molecule has 1 aliphatic carbocycles. The highest BCUT2D eigenvalue weighted by atomic mass is 15.1. The van der Waals surface area contributed by atoms with Crippen molar-refractivity contribution in [1.29, 1.82) is 0 Å². The maximum Gasteiger partial charge on any atom is 0.0366 e. The van der Waals surface area contributed by atoms with Gasteiger partial charge in [0.05, 0.1) is 0 Å². The summed E-state index contributed by atoms with van der Waals surface area (Å²) in [5.41, 5.74) is 8.42. The van der Waals surface area contributed by atoms with Crippen molar-refractivity contribution in [1.82, 2.24) is 0 Å². The van der Waals surface area contributed by atoms with Gasteiger partial charge in [0.25, 0.3) is 0 Å². The molecular weight excluding hydrogens is 220 g/mol. The van der Waals surface area contributed by atoms with Crippen LogP contribution in [-0.2, 0) is 0 Å². The molecule has 1 aromatic rings. The summed E-state index contributed by atoms with van der Waals surface area (Å²) in [4.78, 5) is 2.45. The Morgan fingerprint density at radius 2 is 1.78 bits per heavy atom. The fourth-order valence-electron chi connectivity index (χ4n) is 3.08. The van der Waals surface area contributed by atoms with Gasteiger partial charge in [0.2, 0.25) is 0 Å². The lowest BCUT2D eigenvalue weighted by atomic mass is 9.85. The lowest BCUT2D eigenvalue weighted by molar-refractivity contribution is 0.321. The number of nitrogens with zero attached hydrogens (tertiary/aromatic N) is 1. The maximum atomic E-state index is 5.89. The van der Waals surface area contributed by atoms with Gasteiger partial charge in [0, 0.05) is 24.8 Å². The van der Waals surface area contributed by atoms with E-state index < -0.39 is 0 Å². The molecule has 2 N–H and O–H groups in total. The Hall–Kier alpha value is -1.02. The molecule has 0 aliphatic heterocycles. The average Bonchev–Trinajstić information content (AvgIpc) is 2.38. The molecule has 0 aromatic heterocycles. The minimum absolute atomic E-state index is 0.123. The van der Waals surface area contributed by atoms with E-state index in [9.17, 15) is 0 Å². The van der Waals surface area contributed by atoms with Crippen LogP contribution in [0.15, 0.2) is 24.3 Å². The molecule has 0 bridgehead atoms. The Labute approximate surface area is 111 Å². The van der Waals surface area contributed by atoms with E-state index in [0.717, 1.165) is 5.92 Å². The van der Waals surface area contributed by atoms with Crippen molar-refractivity contribution in [3.8, 4) is 0 Å². The molecule has 0 saturated heterocycles. The molecule has 100 valence electrons. The third-order valence-electron chi connectivity index (χ3n) is 4.39. The van der Waals surface area contributed by atoms with E-state index in [2.05, 4.69) is 43.1 Å². The molecule has 2 nitrogen and oxygen atoms in total. The number of anilines is 1. The highest BCUT2D eigenvalue weighted by Crippen LogP contribution is 2.30. The highest BCUT2D eigenvalue weighted by Gasteiger charge is 2.25. The van der Waals surface area contributed by atoms with Crippen LogP contribution in [0.1, 0.15) is 51.1 Å². The lowest BCUT2D eigenvalue weighted by Gasteiger charge is -2.37. The second-order valence-corrected chi connectivity index (χ2v) is 5.82. The summed E-state index contributed by atoms with van der Waals surface area (Å²) in [6, 6.07) is 9.55. The highest BCUT2D eigenvalue weighted by molar-refractivity contribution is 5.48. The van der Waals surface area contributed by atoms with Crippen LogP contribution in [0.3, 0.4) is 0 Å². The summed E-state index contributed by atoms with van der Waals surface area (Å²) >= 11 is 0. The van der Waals surface area contributed by atoms with Crippen LogP contribution in [0.2, 0.25) is 0 Å². The molecule has 18 heavy (non-hydrogen) atoms. The van der Waals surface area contributed by atoms with Crippen molar-refractivity contribution >= 4 is 5.69 Å². The van der Waals surface area contributed by atoms with Crippen molar-refractivity contribution in [3.63, 3.8) is 0 Å². The number of rotatable bonds is 3. The van der Waals surface area contributed by atoms with Crippen molar-refractivity contribution in [2.75, 3.05) is 11.9 Å². The molecule has 1 aromatic carbocycles. The molecule has 2 rings (SSSR count). The van der Waals surface area contributed by atoms with E-state index >= 15 is 0 Å². The first-order valence-corrected chi connectivity index (χ1v) is 7.18. The molecular formula is C16H26N2. The molecule has 0 amide bonds. The van der Waals surface area contributed by atoms with Crippen molar-refractivity contribution in [2.45, 2.75) is 51.6 Å². The minimum atomic E-state index is 0.123. The molecule has 2 heteroatoms. The first-order valence-electron chi connectivity index (χ1n) is 7.18. The van der Waals surface area contributed by atoms with Gasteiger partial charge >= 0.3 is 0 Å². The van der Waals surface area contributed by atoms with E-state index in [1.54, 1.807) is 0 Å². The summed E-state index contributed by atoms with van der Waals surface area (Å²) in [6.45, 7) is 4.42. The Bertz CT molecular complexity index is 369. The second-order valence-electron chi connectivity index (χ2n) is 5.82. The van der Waals surface area contributed by atoms with Gasteiger partial charge in [-0.2, -0.15) is 0 Å². The predicted molar refractivity (Wildman–Crippen MR) is 78.9 cm³/mol. The zero-order valence-electron chi connectivity index (χ0n) is 11.9. The number of benzene rings is 1. The molecule has 1 fully saturated rings. The topological polar surface area (TPSA) is 29.3 Å². The van der Waals surface area contributed by atoms with Gasteiger partial charge in [-0.15, -0.1) is 0 Å². The Balaban J connectivity index is 2.10. The van der Waals surface area contributed by atoms with Crippen LogP contribution < -0.4 is 10.6 Å². The number of hydrogen-bond donors (Lipinski definition) is 1. The second kappa shape index (κ2) is 5.75. The lowest BCUT2D eigenvalue weighted by Crippen LogP contribution is -2.38. The van der Waals surface area contributed by atoms with Gasteiger partial charge in [-0.05, 0) is 43.4 Å². The predicted octanol–water partition coefficient (Wildman–Crippen LogP) is 3.72. The molecule has 1 saturated carbocycles. The van der Waals surface area contributed by atoms with E-state index in [1.807, 2.05) is 6.92 Å². The third kappa shape index (κ3) is 2.86. The van der Waals surface area contributed by atoms with Crippen LogP contribution in [0.5, 0.6) is 0 Å². The Morgan fingerprint density at radius 1 is 1.17 bits per heavy atom. The quantitative estimate of drug-likeness (QED) is 0.880. The summed E-state index contributed by atoms with van der Waals surface area (Å²) in [5.74, 6) is 0.803. The van der Waals surface area contributed by atoms with Crippen LogP contribution in [-0.4, -0.2) is 13.1 Å². The average molecular weight is 246 g/mol. The molecule has 0 spiro atoms. The summed E-state index contributed by atoms with van der Waals surface area (Å²) in [6.07, 6.45) is 5.46. The zero-order valence-corrected chi connectivity index (χ0v) is 11.9. The maximum absolute atomic E-state index is 5.89. The normalized spacial score (nSPS) is 25.8. The van der Waals surface area contributed by atoms with Gasteiger partial charge in [-0.1, -0.05) is 31.9 Å². The summed E-state index contributed by atoms with van der Waals surface area (Å²) in [5, 5.41) is 0. The molecule has 0 heterocycles. The number of hydrogen-bond acceptors (Lipinski definition) is 2. The third-order valence-corrected chi connectivity index (χ3v) is 4.39. The fraction of sp³-hybridized carbons (Fsp3) is 0.625. The molecule has 2 unspecified atom stereocenters. The van der Waals surface area contributed by atoms with Gasteiger partial charge in [-0.25, -0.2) is 0 Å². The monoisotopic (exact) mass is 246 g/mol. The van der Waals surface area contributed by atoms with E-state index in [1.165, 1.54) is 36.9 Å². The van der Waals surface area contributed by atoms with Crippen LogP contribution in [0, 0.1) is 5.92 Å². The Kier molecular flexibility index (Phi) is 4.28. The molecule has 0 radical (unpaired) electrons. The SMILES string of the molecule is CC1CCCCC1N(C)c1ccc([C@H](C)N)cc1. The summed E-state index contributed by atoms with van der Waals surface area (Å²) < 4.78 is 0. The van der Waals surface area contributed by atoms with Crippen molar-refractivity contribution in [2.24, 2.45) is 11.7 Å².